The van der Waals surface area contributed by atoms with Crippen LogP contribution in [0.25, 0.3) is 44.5 Å². The average molecular weight is 1050 g/mol. The molecule has 0 saturated heterocycles. The van der Waals surface area contributed by atoms with E-state index in [1.807, 2.05) is 0 Å². The first-order valence-electron chi connectivity index (χ1n) is 27.9. The smallest absolute Gasteiger partial charge is 0.0463 e. The van der Waals surface area contributed by atoms with Crippen molar-refractivity contribution in [1.29, 1.82) is 0 Å². The largest absolute Gasteiger partial charge is 0.311 e. The van der Waals surface area contributed by atoms with Crippen molar-refractivity contribution in [3.8, 4) is 44.5 Å². The fourth-order valence-electron chi connectivity index (χ4n) is 10.9. The van der Waals surface area contributed by atoms with Gasteiger partial charge in [0, 0.05) is 68.2 Å². The molecule has 4 nitrogen and oxygen atoms in total. The molecule has 0 aliphatic rings. The average Bonchev–Trinajstić information content (AvgIpc) is 3.75. The highest BCUT2D eigenvalue weighted by atomic mass is 15.2. The van der Waals surface area contributed by atoms with Gasteiger partial charge in [-0.25, -0.2) is 0 Å². The summed E-state index contributed by atoms with van der Waals surface area (Å²) in [7, 11) is 0. The molecule has 0 amide bonds. The molecule has 0 saturated carbocycles. The summed E-state index contributed by atoms with van der Waals surface area (Å²) in [5, 5.41) is 0. The van der Waals surface area contributed by atoms with E-state index >= 15 is 0 Å². The van der Waals surface area contributed by atoms with Gasteiger partial charge >= 0.3 is 0 Å². The second-order valence-electron chi connectivity index (χ2n) is 20.2. The van der Waals surface area contributed by atoms with Crippen LogP contribution in [-0.4, -0.2) is 0 Å². The first kappa shape index (κ1) is 50.6. The molecular weight excluding hydrogens is 993 g/mol. The highest BCUT2D eigenvalue weighted by Crippen LogP contribution is 2.43. The minimum Gasteiger partial charge on any atom is -0.311 e. The summed E-state index contributed by atoms with van der Waals surface area (Å²) in [6.07, 6.45) is 0. The van der Waals surface area contributed by atoms with Crippen LogP contribution in [0.1, 0.15) is 0 Å². The van der Waals surface area contributed by atoms with Gasteiger partial charge in [0.25, 0.3) is 0 Å². The van der Waals surface area contributed by atoms with Gasteiger partial charge in [-0.05, 0) is 190 Å². The van der Waals surface area contributed by atoms with E-state index in [4.69, 9.17) is 0 Å². The summed E-state index contributed by atoms with van der Waals surface area (Å²) in [5.41, 5.74) is 22.5. The van der Waals surface area contributed by atoms with Crippen LogP contribution >= 0.6 is 0 Å². The van der Waals surface area contributed by atoms with Crippen molar-refractivity contribution in [2.24, 2.45) is 0 Å². The lowest BCUT2D eigenvalue weighted by Crippen LogP contribution is -2.12. The molecule has 82 heavy (non-hydrogen) atoms. The molecule has 13 aromatic carbocycles. The van der Waals surface area contributed by atoms with Gasteiger partial charge in [-0.1, -0.05) is 206 Å². The molecule has 0 atom stereocenters. The first-order valence-corrected chi connectivity index (χ1v) is 27.9. The zero-order valence-corrected chi connectivity index (χ0v) is 45.3. The molecular formula is C78H58N4. The fraction of sp³-hybridized carbons (Fsp3) is 0. The summed E-state index contributed by atoms with van der Waals surface area (Å²) < 4.78 is 0. The Kier molecular flexibility index (Phi) is 14.5. The number of hydrogen-bond acceptors (Lipinski definition) is 4. The number of hydrogen-bond donors (Lipinski definition) is 0. The third-order valence-electron chi connectivity index (χ3n) is 15.1. The Balaban J connectivity index is 0.734. The Morgan fingerprint density at radius 2 is 0.207 bits per heavy atom. The molecule has 13 aromatic rings. The molecule has 4 heteroatoms. The zero-order chi connectivity index (χ0) is 54.9. The van der Waals surface area contributed by atoms with Crippen LogP contribution in [0.4, 0.5) is 68.2 Å². The molecule has 0 heterocycles. The Morgan fingerprint density at radius 1 is 0.0976 bits per heavy atom. The number of benzene rings is 13. The summed E-state index contributed by atoms with van der Waals surface area (Å²) in [6, 6.07) is 126. The molecule has 0 radical (unpaired) electrons. The maximum Gasteiger partial charge on any atom is 0.0463 e. The minimum absolute atomic E-state index is 1.07. The van der Waals surface area contributed by atoms with E-state index in [9.17, 15) is 0 Å². The topological polar surface area (TPSA) is 13.0 Å². The molecule has 13 rings (SSSR count). The summed E-state index contributed by atoms with van der Waals surface area (Å²) >= 11 is 0. The molecule has 0 unspecified atom stereocenters. The molecule has 0 bridgehead atoms. The lowest BCUT2D eigenvalue weighted by atomic mass is 9.99. The second-order valence-corrected chi connectivity index (χ2v) is 20.2. The van der Waals surface area contributed by atoms with Crippen molar-refractivity contribution < 1.29 is 0 Å². The summed E-state index contributed by atoms with van der Waals surface area (Å²) in [4.78, 5) is 9.27. The predicted octanol–water partition coefficient (Wildman–Crippen LogP) is 22.2. The highest BCUT2D eigenvalue weighted by molar-refractivity contribution is 5.85. The van der Waals surface area contributed by atoms with Crippen LogP contribution in [0.5, 0.6) is 0 Å². The van der Waals surface area contributed by atoms with E-state index in [1.54, 1.807) is 0 Å². The van der Waals surface area contributed by atoms with Crippen LogP contribution in [0.3, 0.4) is 0 Å². The van der Waals surface area contributed by atoms with Crippen molar-refractivity contribution in [3.63, 3.8) is 0 Å². The van der Waals surface area contributed by atoms with E-state index in [1.165, 1.54) is 22.3 Å². The molecule has 0 fully saturated rings. The van der Waals surface area contributed by atoms with Gasteiger partial charge < -0.3 is 19.6 Å². The minimum atomic E-state index is 1.07. The number of rotatable bonds is 16. The normalized spacial score (nSPS) is 10.9. The van der Waals surface area contributed by atoms with Gasteiger partial charge in [0.1, 0.15) is 0 Å². The number of anilines is 12. The van der Waals surface area contributed by atoms with Gasteiger partial charge in [0.15, 0.2) is 0 Å². The first-order chi connectivity index (χ1) is 40.7. The van der Waals surface area contributed by atoms with Crippen molar-refractivity contribution >= 4 is 68.2 Å². The van der Waals surface area contributed by atoms with E-state index in [0.29, 0.717) is 0 Å². The van der Waals surface area contributed by atoms with Crippen LogP contribution in [0.15, 0.2) is 352 Å². The standard InChI is InChI=1S/C78H58N4/c1-7-19-59(20-8-1)63-35-43-71(44-36-63)79(67-23-11-3-12-24-67)75-51-55-77(56-52-75)81(69-27-15-5-16-28-69)73-47-39-65(40-48-73)61-31-33-62(34-32-61)66-41-49-74(50-42-66)82(70-29-17-6-18-30-70)78-57-53-76(54-58-78)80(68-25-13-4-14-26-68)72-45-37-64(38-46-72)60-21-9-2-10-22-60/h1-58H. The molecule has 0 spiro atoms. The van der Waals surface area contributed by atoms with Crippen LogP contribution in [0, 0.1) is 0 Å². The molecule has 0 aliphatic heterocycles. The van der Waals surface area contributed by atoms with Gasteiger partial charge in [0.2, 0.25) is 0 Å². The van der Waals surface area contributed by atoms with Gasteiger partial charge in [-0.2, -0.15) is 0 Å². The quantitative estimate of drug-likeness (QED) is 0.0956. The third kappa shape index (κ3) is 10.9. The Hall–Kier alpha value is -10.9. The van der Waals surface area contributed by atoms with E-state index < -0.39 is 0 Å². The monoisotopic (exact) mass is 1050 g/mol. The van der Waals surface area contributed by atoms with Crippen molar-refractivity contribution in [2.75, 3.05) is 19.6 Å². The van der Waals surface area contributed by atoms with Crippen molar-refractivity contribution in [1.82, 2.24) is 0 Å². The Morgan fingerprint density at radius 3 is 0.378 bits per heavy atom. The van der Waals surface area contributed by atoms with Crippen LogP contribution in [-0.2, 0) is 0 Å². The third-order valence-corrected chi connectivity index (χ3v) is 15.1. The predicted molar refractivity (Wildman–Crippen MR) is 347 cm³/mol. The molecule has 0 N–H and O–H groups in total. The molecule has 0 aromatic heterocycles. The summed E-state index contributed by atoms with van der Waals surface area (Å²) in [6.45, 7) is 0. The number of nitrogens with zero attached hydrogens (tertiary/aromatic N) is 4. The zero-order valence-electron chi connectivity index (χ0n) is 45.3. The second kappa shape index (κ2) is 23.6. The van der Waals surface area contributed by atoms with Crippen LogP contribution in [0.2, 0.25) is 0 Å². The van der Waals surface area contributed by atoms with E-state index in [2.05, 4.69) is 371 Å². The van der Waals surface area contributed by atoms with Gasteiger partial charge in [-0.3, -0.25) is 0 Å². The Bertz CT molecular complexity index is 3830. The van der Waals surface area contributed by atoms with Crippen molar-refractivity contribution in [2.45, 2.75) is 0 Å². The maximum absolute atomic E-state index is 2.32. The summed E-state index contributed by atoms with van der Waals surface area (Å²) in [5.74, 6) is 0. The van der Waals surface area contributed by atoms with Gasteiger partial charge in [0.05, 0.1) is 0 Å². The molecule has 390 valence electrons. The van der Waals surface area contributed by atoms with E-state index in [0.717, 1.165) is 90.5 Å². The maximum atomic E-state index is 2.32. The lowest BCUT2D eigenvalue weighted by molar-refractivity contribution is 1.26. The lowest BCUT2D eigenvalue weighted by Gasteiger charge is -2.28. The van der Waals surface area contributed by atoms with Gasteiger partial charge in [-0.15, -0.1) is 0 Å². The van der Waals surface area contributed by atoms with Crippen molar-refractivity contribution in [3.05, 3.63) is 352 Å². The Labute approximate surface area is 481 Å². The van der Waals surface area contributed by atoms with Crippen LogP contribution < -0.4 is 19.6 Å². The number of para-hydroxylation sites is 4. The SMILES string of the molecule is c1ccc(-c2ccc(N(c3ccccc3)c3ccc(N(c4ccccc4)c4ccc(-c5ccc(-c6ccc(N(c7ccccc7)c7ccc(N(c8ccccc8)c8ccc(-c9ccccc9)cc8)cc7)cc6)cc5)cc4)cc3)cc2)cc1. The van der Waals surface area contributed by atoms with E-state index in [-0.39, 0.29) is 0 Å². The molecule has 0 aliphatic carbocycles. The highest BCUT2D eigenvalue weighted by Gasteiger charge is 2.19. The fourth-order valence-corrected chi connectivity index (χ4v) is 10.9.